The molecule has 2 aromatic rings. The lowest BCUT2D eigenvalue weighted by atomic mass is 10.2. The third kappa shape index (κ3) is 1.03. The molecular weight excluding hydrogens is 190 g/mol. The van der Waals surface area contributed by atoms with Crippen molar-refractivity contribution in [2.24, 2.45) is 0 Å². The molecule has 0 bridgehead atoms. The number of hydrogen-bond donors (Lipinski definition) is 0. The number of hydrogen-bond acceptors (Lipinski definition) is 2. The van der Waals surface area contributed by atoms with Crippen LogP contribution in [0.3, 0.4) is 0 Å². The lowest BCUT2D eigenvalue weighted by Crippen LogP contribution is -2.04. The number of carbonyl (C=O) groups is 1. The van der Waals surface area contributed by atoms with E-state index in [1.807, 2.05) is 18.2 Å². The first-order chi connectivity index (χ1) is 7.31. The maximum atomic E-state index is 11.7. The molecule has 1 aliphatic heterocycles. The van der Waals surface area contributed by atoms with Gasteiger partial charge in [0.2, 0.25) is 5.91 Å². The van der Waals surface area contributed by atoms with Crippen molar-refractivity contribution >= 4 is 16.8 Å². The number of rotatable bonds is 1. The first-order valence-electron chi connectivity index (χ1n) is 5.02. The summed E-state index contributed by atoms with van der Waals surface area (Å²) in [5.41, 5.74) is 2.01. The molecule has 1 aromatic carbocycles. The molecule has 0 spiro atoms. The van der Waals surface area contributed by atoms with Gasteiger partial charge in [0.15, 0.2) is 0 Å². The van der Waals surface area contributed by atoms with Crippen LogP contribution >= 0.6 is 0 Å². The summed E-state index contributed by atoms with van der Waals surface area (Å²) in [5, 5.41) is 1.08. The van der Waals surface area contributed by atoms with Crippen LogP contribution in [0.2, 0.25) is 0 Å². The minimum Gasteiger partial charge on any atom is -0.495 e. The van der Waals surface area contributed by atoms with Gasteiger partial charge in [0.05, 0.1) is 12.6 Å². The first-order valence-corrected chi connectivity index (χ1v) is 5.02. The SMILES string of the molecule is COc1cccc2cc3n(c12)C(=O)CC3. The zero-order valence-electron chi connectivity index (χ0n) is 8.49. The number of fused-ring (bicyclic) bond motifs is 3. The molecular formula is C12H11NO2. The Morgan fingerprint density at radius 2 is 2.20 bits per heavy atom. The van der Waals surface area contributed by atoms with Gasteiger partial charge in [-0.05, 0) is 18.6 Å². The molecule has 0 saturated carbocycles. The van der Waals surface area contributed by atoms with Gasteiger partial charge in [-0.15, -0.1) is 0 Å². The van der Waals surface area contributed by atoms with Crippen LogP contribution in [0.25, 0.3) is 10.9 Å². The summed E-state index contributed by atoms with van der Waals surface area (Å²) >= 11 is 0. The van der Waals surface area contributed by atoms with E-state index >= 15 is 0 Å². The van der Waals surface area contributed by atoms with E-state index < -0.39 is 0 Å². The summed E-state index contributed by atoms with van der Waals surface area (Å²) in [7, 11) is 1.63. The van der Waals surface area contributed by atoms with Crippen LogP contribution in [0.1, 0.15) is 16.9 Å². The highest BCUT2D eigenvalue weighted by atomic mass is 16.5. The Hall–Kier alpha value is -1.77. The van der Waals surface area contributed by atoms with Crippen LogP contribution in [0.15, 0.2) is 24.3 Å². The third-order valence-corrected chi connectivity index (χ3v) is 2.93. The third-order valence-electron chi connectivity index (χ3n) is 2.93. The van der Waals surface area contributed by atoms with Gasteiger partial charge in [-0.3, -0.25) is 9.36 Å². The first kappa shape index (κ1) is 8.53. The second-order valence-corrected chi connectivity index (χ2v) is 3.76. The molecule has 2 heterocycles. The summed E-state index contributed by atoms with van der Waals surface area (Å²) in [6.45, 7) is 0. The molecule has 15 heavy (non-hydrogen) atoms. The highest BCUT2D eigenvalue weighted by Gasteiger charge is 2.23. The number of aryl methyl sites for hydroxylation is 1. The minimum atomic E-state index is 0.171. The van der Waals surface area contributed by atoms with Gasteiger partial charge < -0.3 is 4.74 Å². The maximum absolute atomic E-state index is 11.7. The zero-order valence-corrected chi connectivity index (χ0v) is 8.49. The molecule has 0 saturated heterocycles. The number of benzene rings is 1. The van der Waals surface area contributed by atoms with E-state index in [2.05, 4.69) is 6.07 Å². The highest BCUT2D eigenvalue weighted by molar-refractivity contribution is 5.98. The second kappa shape index (κ2) is 2.86. The normalized spacial score (nSPS) is 14.6. The molecule has 1 aliphatic rings. The topological polar surface area (TPSA) is 31.2 Å². The van der Waals surface area contributed by atoms with Crippen LogP contribution in [-0.2, 0) is 6.42 Å². The van der Waals surface area contributed by atoms with Crippen LogP contribution < -0.4 is 4.74 Å². The molecule has 0 fully saturated rings. The molecule has 76 valence electrons. The van der Waals surface area contributed by atoms with Crippen molar-refractivity contribution in [1.82, 2.24) is 4.57 Å². The largest absolute Gasteiger partial charge is 0.495 e. The maximum Gasteiger partial charge on any atom is 0.231 e. The summed E-state index contributed by atoms with van der Waals surface area (Å²) in [6, 6.07) is 7.92. The molecule has 1 aromatic heterocycles. The summed E-state index contributed by atoms with van der Waals surface area (Å²) in [6.07, 6.45) is 1.46. The Morgan fingerprint density at radius 1 is 1.33 bits per heavy atom. The van der Waals surface area contributed by atoms with Gasteiger partial charge in [-0.1, -0.05) is 12.1 Å². The quantitative estimate of drug-likeness (QED) is 0.708. The summed E-state index contributed by atoms with van der Waals surface area (Å²) in [5.74, 6) is 0.943. The molecule has 0 unspecified atom stereocenters. The molecule has 3 rings (SSSR count). The standard InChI is InChI=1S/C12H11NO2/c1-15-10-4-2-3-8-7-9-5-6-11(14)13(9)12(8)10/h2-4,7H,5-6H2,1H3. The van der Waals surface area contributed by atoms with E-state index in [-0.39, 0.29) is 5.91 Å². The van der Waals surface area contributed by atoms with E-state index in [0.717, 1.165) is 28.8 Å². The Bertz CT molecular complexity index is 554. The zero-order chi connectivity index (χ0) is 10.4. The fourth-order valence-electron chi connectivity index (χ4n) is 2.26. The van der Waals surface area contributed by atoms with E-state index in [1.54, 1.807) is 11.7 Å². The predicted molar refractivity (Wildman–Crippen MR) is 57.4 cm³/mol. The molecule has 3 nitrogen and oxygen atoms in total. The summed E-state index contributed by atoms with van der Waals surface area (Å²) < 4.78 is 7.07. The Morgan fingerprint density at radius 3 is 3.00 bits per heavy atom. The van der Waals surface area contributed by atoms with E-state index in [9.17, 15) is 4.79 Å². The van der Waals surface area contributed by atoms with Crippen molar-refractivity contribution < 1.29 is 9.53 Å². The minimum absolute atomic E-state index is 0.171. The van der Waals surface area contributed by atoms with Crippen LogP contribution in [0, 0.1) is 0 Å². The van der Waals surface area contributed by atoms with Crippen molar-refractivity contribution in [3.8, 4) is 5.75 Å². The fourth-order valence-corrected chi connectivity index (χ4v) is 2.26. The van der Waals surface area contributed by atoms with Crippen LogP contribution in [0.5, 0.6) is 5.75 Å². The number of ether oxygens (including phenoxy) is 1. The summed E-state index contributed by atoms with van der Waals surface area (Å²) in [4.78, 5) is 11.7. The fraction of sp³-hybridized carbons (Fsp3) is 0.250. The van der Waals surface area contributed by atoms with Gasteiger partial charge in [0.25, 0.3) is 0 Å². The lowest BCUT2D eigenvalue weighted by Gasteiger charge is -2.04. The Kier molecular flexibility index (Phi) is 1.63. The lowest BCUT2D eigenvalue weighted by molar-refractivity contribution is 0.0928. The molecule has 0 aliphatic carbocycles. The highest BCUT2D eigenvalue weighted by Crippen LogP contribution is 2.32. The van der Waals surface area contributed by atoms with Gasteiger partial charge in [-0.2, -0.15) is 0 Å². The van der Waals surface area contributed by atoms with Crippen molar-refractivity contribution in [1.29, 1.82) is 0 Å². The predicted octanol–water partition coefficient (Wildman–Crippen LogP) is 2.24. The average molecular weight is 201 g/mol. The van der Waals surface area contributed by atoms with Crippen LogP contribution in [0.4, 0.5) is 0 Å². The van der Waals surface area contributed by atoms with Crippen molar-refractivity contribution in [2.45, 2.75) is 12.8 Å². The smallest absolute Gasteiger partial charge is 0.231 e. The van der Waals surface area contributed by atoms with Gasteiger partial charge in [-0.25, -0.2) is 0 Å². The van der Waals surface area contributed by atoms with Gasteiger partial charge >= 0.3 is 0 Å². The Balaban J connectivity index is 2.43. The molecule has 0 N–H and O–H groups in total. The van der Waals surface area contributed by atoms with Crippen LogP contribution in [-0.4, -0.2) is 17.6 Å². The number of carbonyl (C=O) groups excluding carboxylic acids is 1. The van der Waals surface area contributed by atoms with E-state index in [0.29, 0.717) is 6.42 Å². The average Bonchev–Trinajstić information content (AvgIpc) is 2.78. The van der Waals surface area contributed by atoms with E-state index in [4.69, 9.17) is 4.74 Å². The monoisotopic (exact) mass is 201 g/mol. The number of para-hydroxylation sites is 1. The number of nitrogens with zero attached hydrogens (tertiary/aromatic N) is 1. The molecule has 0 radical (unpaired) electrons. The second-order valence-electron chi connectivity index (χ2n) is 3.76. The van der Waals surface area contributed by atoms with Crippen molar-refractivity contribution in [3.63, 3.8) is 0 Å². The molecule has 0 atom stereocenters. The van der Waals surface area contributed by atoms with Crippen molar-refractivity contribution in [3.05, 3.63) is 30.0 Å². The van der Waals surface area contributed by atoms with Gasteiger partial charge in [0.1, 0.15) is 5.75 Å². The molecule has 3 heteroatoms. The van der Waals surface area contributed by atoms with Gasteiger partial charge in [0, 0.05) is 17.5 Å². The van der Waals surface area contributed by atoms with Crippen molar-refractivity contribution in [2.75, 3.05) is 7.11 Å². The molecule has 0 amide bonds. The number of methoxy groups -OCH3 is 1. The number of aromatic nitrogens is 1. The van der Waals surface area contributed by atoms with E-state index in [1.165, 1.54) is 0 Å². The Labute approximate surface area is 87.3 Å².